The van der Waals surface area contributed by atoms with Gasteiger partial charge in [0, 0.05) is 26.2 Å². The number of aliphatic hydroxyl groups excluding tert-OH is 1. The molecule has 32 heavy (non-hydrogen) atoms. The molecule has 0 saturated carbocycles. The third-order valence-corrected chi connectivity index (χ3v) is 5.90. The Morgan fingerprint density at radius 1 is 1.19 bits per heavy atom. The van der Waals surface area contributed by atoms with Gasteiger partial charge in [-0.15, -0.1) is 0 Å². The number of amides is 1. The van der Waals surface area contributed by atoms with Crippen LogP contribution in [0.5, 0.6) is 5.75 Å². The van der Waals surface area contributed by atoms with Crippen LogP contribution >= 0.6 is 0 Å². The van der Waals surface area contributed by atoms with Gasteiger partial charge in [-0.2, -0.15) is 0 Å². The highest BCUT2D eigenvalue weighted by molar-refractivity contribution is 6.15. The number of hydrogen-bond donors (Lipinski definition) is 1. The van der Waals surface area contributed by atoms with E-state index in [1.807, 2.05) is 6.07 Å². The number of furan rings is 1. The number of morpholine rings is 1. The summed E-state index contributed by atoms with van der Waals surface area (Å²) in [5.74, 6) is -0.282. The van der Waals surface area contributed by atoms with E-state index in [1.165, 1.54) is 0 Å². The minimum Gasteiger partial charge on any atom is -0.503 e. The number of ketones is 1. The second-order valence-electron chi connectivity index (χ2n) is 7.99. The molecule has 0 spiro atoms. The molecule has 170 valence electrons. The summed E-state index contributed by atoms with van der Waals surface area (Å²) < 4.78 is 16.2. The number of benzene rings is 1. The molecule has 4 rings (SSSR count). The Morgan fingerprint density at radius 3 is 2.66 bits per heavy atom. The third-order valence-electron chi connectivity index (χ3n) is 5.90. The fourth-order valence-corrected chi connectivity index (χ4v) is 4.25. The second kappa shape index (κ2) is 9.58. The maximum Gasteiger partial charge on any atom is 0.290 e. The van der Waals surface area contributed by atoms with Crippen molar-refractivity contribution in [1.29, 1.82) is 0 Å². The molecular weight excluding hydrogens is 412 g/mol. The van der Waals surface area contributed by atoms with Crippen LogP contribution in [0, 0.1) is 6.92 Å². The van der Waals surface area contributed by atoms with Gasteiger partial charge in [0.25, 0.3) is 5.91 Å². The van der Waals surface area contributed by atoms with Crippen molar-refractivity contribution in [2.24, 2.45) is 0 Å². The molecule has 8 nitrogen and oxygen atoms in total. The Kier molecular flexibility index (Phi) is 6.62. The van der Waals surface area contributed by atoms with Crippen molar-refractivity contribution in [3.63, 3.8) is 0 Å². The SMILES string of the molecule is COc1cccc(C2C(C(=O)c3ccc(C)o3)=C(O)C(=O)N2CCCN2CCOCC2)c1. The monoisotopic (exact) mass is 440 g/mol. The zero-order chi connectivity index (χ0) is 22.7. The average Bonchev–Trinajstić information content (AvgIpc) is 3.36. The first-order valence-corrected chi connectivity index (χ1v) is 10.8. The first kappa shape index (κ1) is 22.1. The van der Waals surface area contributed by atoms with Gasteiger partial charge in [0.1, 0.15) is 11.5 Å². The molecule has 0 aliphatic carbocycles. The molecule has 1 saturated heterocycles. The molecule has 1 fully saturated rings. The highest BCUT2D eigenvalue weighted by atomic mass is 16.5. The summed E-state index contributed by atoms with van der Waals surface area (Å²) >= 11 is 0. The average molecular weight is 440 g/mol. The summed E-state index contributed by atoms with van der Waals surface area (Å²) in [4.78, 5) is 30.2. The van der Waals surface area contributed by atoms with Gasteiger partial charge >= 0.3 is 0 Å². The van der Waals surface area contributed by atoms with Gasteiger partial charge in [0.2, 0.25) is 5.78 Å². The lowest BCUT2D eigenvalue weighted by Crippen LogP contribution is -2.39. The molecule has 1 atom stereocenters. The van der Waals surface area contributed by atoms with Crippen molar-refractivity contribution in [1.82, 2.24) is 9.80 Å². The number of Topliss-reactive ketones (excluding diaryl/α,β-unsaturated/α-hetero) is 1. The number of nitrogens with zero attached hydrogens (tertiary/aromatic N) is 2. The van der Waals surface area contributed by atoms with E-state index in [-0.39, 0.29) is 11.3 Å². The maximum atomic E-state index is 13.3. The van der Waals surface area contributed by atoms with Crippen LogP contribution in [0.3, 0.4) is 0 Å². The summed E-state index contributed by atoms with van der Waals surface area (Å²) in [6, 6.07) is 9.73. The van der Waals surface area contributed by atoms with Crippen LogP contribution in [-0.2, 0) is 9.53 Å². The molecular formula is C24H28N2O6. The predicted molar refractivity (Wildman–Crippen MR) is 117 cm³/mol. The van der Waals surface area contributed by atoms with Crippen molar-refractivity contribution in [2.75, 3.05) is 46.5 Å². The number of hydrogen-bond acceptors (Lipinski definition) is 7. The highest BCUT2D eigenvalue weighted by Gasteiger charge is 2.44. The van der Waals surface area contributed by atoms with E-state index in [9.17, 15) is 14.7 Å². The molecule has 2 aliphatic heterocycles. The van der Waals surface area contributed by atoms with Crippen LogP contribution in [0.1, 0.15) is 34.3 Å². The maximum absolute atomic E-state index is 13.3. The fraction of sp³-hybridized carbons (Fsp3) is 0.417. The summed E-state index contributed by atoms with van der Waals surface area (Å²) in [7, 11) is 1.56. The summed E-state index contributed by atoms with van der Waals surface area (Å²) in [5, 5.41) is 10.7. The minimum atomic E-state index is -0.722. The van der Waals surface area contributed by atoms with E-state index < -0.39 is 23.5 Å². The van der Waals surface area contributed by atoms with Crippen LogP contribution in [0.15, 0.2) is 52.1 Å². The number of carbonyl (C=O) groups excluding carboxylic acids is 2. The van der Waals surface area contributed by atoms with Crippen molar-refractivity contribution in [2.45, 2.75) is 19.4 Å². The van der Waals surface area contributed by atoms with Crippen molar-refractivity contribution in [3.05, 3.63) is 64.8 Å². The fourth-order valence-electron chi connectivity index (χ4n) is 4.25. The van der Waals surface area contributed by atoms with Crippen LogP contribution in [0.2, 0.25) is 0 Å². The second-order valence-corrected chi connectivity index (χ2v) is 7.99. The minimum absolute atomic E-state index is 0.0315. The van der Waals surface area contributed by atoms with E-state index in [0.717, 1.165) is 19.6 Å². The predicted octanol–water partition coefficient (Wildman–Crippen LogP) is 2.90. The van der Waals surface area contributed by atoms with Gasteiger partial charge in [-0.1, -0.05) is 12.1 Å². The van der Waals surface area contributed by atoms with E-state index in [2.05, 4.69) is 4.90 Å². The first-order valence-electron chi connectivity index (χ1n) is 10.8. The topological polar surface area (TPSA) is 92.5 Å². The molecule has 1 aromatic heterocycles. The molecule has 2 aromatic rings. The quantitative estimate of drug-likeness (QED) is 0.631. The van der Waals surface area contributed by atoms with Crippen molar-refractivity contribution < 1.29 is 28.6 Å². The lowest BCUT2D eigenvalue weighted by atomic mass is 9.95. The zero-order valence-corrected chi connectivity index (χ0v) is 18.4. The van der Waals surface area contributed by atoms with Gasteiger partial charge in [-0.05, 0) is 43.2 Å². The molecule has 0 radical (unpaired) electrons. The number of ether oxygens (including phenoxy) is 2. The van der Waals surface area contributed by atoms with Crippen molar-refractivity contribution in [3.8, 4) is 5.75 Å². The van der Waals surface area contributed by atoms with Gasteiger partial charge in [0.15, 0.2) is 11.5 Å². The van der Waals surface area contributed by atoms with E-state index in [4.69, 9.17) is 13.9 Å². The lowest BCUT2D eigenvalue weighted by molar-refractivity contribution is -0.129. The standard InChI is InChI=1S/C24H28N2O6/c1-16-7-8-19(32-16)22(27)20-21(17-5-3-6-18(15-17)30-2)26(24(29)23(20)28)10-4-9-25-11-13-31-14-12-25/h3,5-8,15,21,28H,4,9-14H2,1-2H3. The van der Waals surface area contributed by atoms with Crippen LogP contribution in [-0.4, -0.2) is 73.1 Å². The van der Waals surface area contributed by atoms with E-state index >= 15 is 0 Å². The van der Waals surface area contributed by atoms with Gasteiger partial charge < -0.3 is 23.9 Å². The van der Waals surface area contributed by atoms with Crippen molar-refractivity contribution >= 4 is 11.7 Å². The molecule has 1 amide bonds. The number of carbonyl (C=O) groups is 2. The van der Waals surface area contributed by atoms with Crippen LogP contribution < -0.4 is 4.74 Å². The number of aryl methyl sites for hydroxylation is 1. The number of methoxy groups -OCH3 is 1. The van der Waals surface area contributed by atoms with Crippen LogP contribution in [0.4, 0.5) is 0 Å². The Balaban J connectivity index is 1.62. The molecule has 1 aromatic carbocycles. The largest absolute Gasteiger partial charge is 0.503 e. The normalized spacial score (nSPS) is 19.6. The summed E-state index contributed by atoms with van der Waals surface area (Å²) in [5.41, 5.74) is 0.726. The molecule has 1 N–H and O–H groups in total. The molecule has 1 unspecified atom stereocenters. The Bertz CT molecular complexity index is 1020. The Hall–Kier alpha value is -3.10. The molecule has 0 bridgehead atoms. The summed E-state index contributed by atoms with van der Waals surface area (Å²) in [6.45, 7) is 6.08. The number of rotatable bonds is 8. The van der Waals surface area contributed by atoms with E-state index in [0.29, 0.717) is 43.3 Å². The Morgan fingerprint density at radius 2 is 1.97 bits per heavy atom. The van der Waals surface area contributed by atoms with Gasteiger partial charge in [0.05, 0.1) is 31.9 Å². The molecule has 2 aliphatic rings. The summed E-state index contributed by atoms with van der Waals surface area (Å²) in [6.07, 6.45) is 0.709. The van der Waals surface area contributed by atoms with Gasteiger partial charge in [-0.25, -0.2) is 0 Å². The van der Waals surface area contributed by atoms with Crippen LogP contribution in [0.25, 0.3) is 0 Å². The third kappa shape index (κ3) is 4.42. The molecule has 3 heterocycles. The highest BCUT2D eigenvalue weighted by Crippen LogP contribution is 2.40. The lowest BCUT2D eigenvalue weighted by Gasteiger charge is -2.30. The smallest absolute Gasteiger partial charge is 0.290 e. The first-order chi connectivity index (χ1) is 15.5. The Labute approximate surface area is 187 Å². The molecule has 8 heteroatoms. The zero-order valence-electron chi connectivity index (χ0n) is 18.4. The number of aliphatic hydroxyl groups is 1. The van der Waals surface area contributed by atoms with E-state index in [1.54, 1.807) is 49.3 Å². The van der Waals surface area contributed by atoms with Gasteiger partial charge in [-0.3, -0.25) is 14.5 Å².